The predicted octanol–water partition coefficient (Wildman–Crippen LogP) is 2.97. The molecule has 0 saturated heterocycles. The zero-order chi connectivity index (χ0) is 11.0. The van der Waals surface area contributed by atoms with Gasteiger partial charge < -0.3 is 9.73 Å². The Balaban J connectivity index is 1.54. The molecule has 86 valence electrons. The topological polar surface area (TPSA) is 25.2 Å². The summed E-state index contributed by atoms with van der Waals surface area (Å²) in [5.41, 5.74) is 1.24. The van der Waals surface area contributed by atoms with Crippen molar-refractivity contribution in [2.24, 2.45) is 17.8 Å². The van der Waals surface area contributed by atoms with Crippen LogP contribution in [0.4, 0.5) is 0 Å². The van der Waals surface area contributed by atoms with E-state index in [2.05, 4.69) is 24.4 Å². The number of fused-ring (bicyclic) bond motifs is 2. The maximum atomic E-state index is 5.07. The minimum absolute atomic E-state index is 0.606. The monoisotopic (exact) mass is 217 g/mol. The lowest BCUT2D eigenvalue weighted by atomic mass is 9.87. The second kappa shape index (κ2) is 4.10. The van der Waals surface area contributed by atoms with E-state index in [1.165, 1.54) is 18.4 Å². The van der Waals surface area contributed by atoms with E-state index >= 15 is 0 Å². The lowest BCUT2D eigenvalue weighted by Gasteiger charge is -2.26. The van der Waals surface area contributed by atoms with Crippen molar-refractivity contribution >= 4 is 0 Å². The van der Waals surface area contributed by atoms with Crippen LogP contribution in [0.5, 0.6) is 0 Å². The van der Waals surface area contributed by atoms with Crippen LogP contribution in [0.3, 0.4) is 0 Å². The van der Waals surface area contributed by atoms with Crippen LogP contribution in [0, 0.1) is 17.8 Å². The molecule has 0 aliphatic heterocycles. The SMILES string of the molecule is CC(NCc1ccoc1)C1CC2C=CC1C2. The van der Waals surface area contributed by atoms with Crippen LogP contribution in [0.15, 0.2) is 35.2 Å². The predicted molar refractivity (Wildman–Crippen MR) is 63.9 cm³/mol. The van der Waals surface area contributed by atoms with Gasteiger partial charge in [0.05, 0.1) is 12.5 Å². The molecular formula is C14H19NO. The summed E-state index contributed by atoms with van der Waals surface area (Å²) in [5.74, 6) is 2.53. The Kier molecular flexibility index (Phi) is 2.60. The standard InChI is InChI=1S/C14H19NO/c1-10(15-8-12-4-5-16-9-12)14-7-11-2-3-13(14)6-11/h2-5,9-11,13-15H,6-8H2,1H3. The van der Waals surface area contributed by atoms with E-state index in [9.17, 15) is 0 Å². The average Bonchev–Trinajstić information content (AvgIpc) is 3.01. The minimum atomic E-state index is 0.606. The molecule has 1 N–H and O–H groups in total. The Bertz CT molecular complexity index is 368. The van der Waals surface area contributed by atoms with Gasteiger partial charge in [0.25, 0.3) is 0 Å². The third-order valence-corrected chi connectivity index (χ3v) is 4.18. The molecule has 1 aromatic heterocycles. The van der Waals surface area contributed by atoms with E-state index < -0.39 is 0 Å². The Morgan fingerprint density at radius 3 is 3.00 bits per heavy atom. The lowest BCUT2D eigenvalue weighted by molar-refractivity contribution is 0.326. The van der Waals surface area contributed by atoms with Gasteiger partial charge in [-0.2, -0.15) is 0 Å². The van der Waals surface area contributed by atoms with Crippen molar-refractivity contribution in [1.82, 2.24) is 5.32 Å². The first kappa shape index (κ1) is 10.2. The van der Waals surface area contributed by atoms with Crippen molar-refractivity contribution in [3.05, 3.63) is 36.3 Å². The Morgan fingerprint density at radius 2 is 2.38 bits per heavy atom. The molecule has 0 amide bonds. The average molecular weight is 217 g/mol. The van der Waals surface area contributed by atoms with Gasteiger partial charge in [-0.05, 0) is 43.6 Å². The summed E-state index contributed by atoms with van der Waals surface area (Å²) in [6.45, 7) is 3.24. The third-order valence-electron chi connectivity index (χ3n) is 4.18. The molecule has 2 nitrogen and oxygen atoms in total. The first-order valence-electron chi connectivity index (χ1n) is 6.25. The molecular weight excluding hydrogens is 198 g/mol. The summed E-state index contributed by atoms with van der Waals surface area (Å²) < 4.78 is 5.07. The van der Waals surface area contributed by atoms with Crippen LogP contribution >= 0.6 is 0 Å². The normalized spacial score (nSPS) is 33.4. The summed E-state index contributed by atoms with van der Waals surface area (Å²) in [7, 11) is 0. The maximum Gasteiger partial charge on any atom is 0.0947 e. The highest BCUT2D eigenvalue weighted by Gasteiger charge is 2.38. The molecule has 3 rings (SSSR count). The van der Waals surface area contributed by atoms with Crippen molar-refractivity contribution in [2.45, 2.75) is 32.4 Å². The molecule has 0 aromatic carbocycles. The largest absolute Gasteiger partial charge is 0.472 e. The van der Waals surface area contributed by atoms with E-state index in [1.54, 1.807) is 6.26 Å². The van der Waals surface area contributed by atoms with Crippen LogP contribution in [-0.2, 0) is 6.54 Å². The van der Waals surface area contributed by atoms with Gasteiger partial charge in [0.1, 0.15) is 0 Å². The fourth-order valence-corrected chi connectivity index (χ4v) is 3.22. The van der Waals surface area contributed by atoms with E-state index in [1.807, 2.05) is 12.3 Å². The summed E-state index contributed by atoms with van der Waals surface area (Å²) in [5, 5.41) is 3.62. The van der Waals surface area contributed by atoms with E-state index in [0.717, 1.165) is 24.3 Å². The highest BCUT2D eigenvalue weighted by atomic mass is 16.3. The molecule has 16 heavy (non-hydrogen) atoms. The molecule has 2 aliphatic carbocycles. The van der Waals surface area contributed by atoms with Crippen LogP contribution in [0.2, 0.25) is 0 Å². The van der Waals surface area contributed by atoms with Crippen molar-refractivity contribution in [2.75, 3.05) is 0 Å². The van der Waals surface area contributed by atoms with Gasteiger partial charge in [0.2, 0.25) is 0 Å². The molecule has 4 atom stereocenters. The van der Waals surface area contributed by atoms with Gasteiger partial charge in [-0.25, -0.2) is 0 Å². The summed E-state index contributed by atoms with van der Waals surface area (Å²) in [6.07, 6.45) is 11.2. The van der Waals surface area contributed by atoms with Crippen LogP contribution in [-0.4, -0.2) is 6.04 Å². The number of hydrogen-bond donors (Lipinski definition) is 1. The van der Waals surface area contributed by atoms with Gasteiger partial charge in [-0.1, -0.05) is 12.2 Å². The Morgan fingerprint density at radius 1 is 1.44 bits per heavy atom. The highest BCUT2D eigenvalue weighted by Crippen LogP contribution is 2.44. The van der Waals surface area contributed by atoms with Gasteiger partial charge in [-0.3, -0.25) is 0 Å². The van der Waals surface area contributed by atoms with Crippen molar-refractivity contribution in [3.63, 3.8) is 0 Å². The van der Waals surface area contributed by atoms with E-state index in [4.69, 9.17) is 4.42 Å². The maximum absolute atomic E-state index is 5.07. The molecule has 2 heteroatoms. The number of nitrogens with one attached hydrogen (secondary N) is 1. The molecule has 1 fully saturated rings. The first-order chi connectivity index (χ1) is 7.83. The lowest BCUT2D eigenvalue weighted by Crippen LogP contribution is -2.35. The molecule has 1 aromatic rings. The van der Waals surface area contributed by atoms with Gasteiger partial charge in [0.15, 0.2) is 0 Å². The van der Waals surface area contributed by atoms with Gasteiger partial charge >= 0.3 is 0 Å². The quantitative estimate of drug-likeness (QED) is 0.784. The molecule has 1 heterocycles. The zero-order valence-corrected chi connectivity index (χ0v) is 9.73. The Hall–Kier alpha value is -1.02. The fourth-order valence-electron chi connectivity index (χ4n) is 3.22. The highest BCUT2D eigenvalue weighted by molar-refractivity contribution is 5.12. The number of furan rings is 1. The minimum Gasteiger partial charge on any atom is -0.472 e. The second-order valence-electron chi connectivity index (χ2n) is 5.25. The first-order valence-corrected chi connectivity index (χ1v) is 6.25. The molecule has 0 radical (unpaired) electrons. The van der Waals surface area contributed by atoms with Crippen LogP contribution in [0.1, 0.15) is 25.3 Å². The van der Waals surface area contributed by atoms with Crippen molar-refractivity contribution in [1.29, 1.82) is 0 Å². The van der Waals surface area contributed by atoms with Crippen molar-refractivity contribution < 1.29 is 4.42 Å². The Labute approximate surface area is 96.7 Å². The molecule has 4 unspecified atom stereocenters. The van der Waals surface area contributed by atoms with Crippen LogP contribution < -0.4 is 5.32 Å². The number of allylic oxidation sites excluding steroid dienone is 2. The second-order valence-corrected chi connectivity index (χ2v) is 5.25. The molecule has 2 bridgehead atoms. The third kappa shape index (κ3) is 1.82. The summed E-state index contributed by atoms with van der Waals surface area (Å²) in [6, 6.07) is 2.63. The van der Waals surface area contributed by atoms with E-state index in [-0.39, 0.29) is 0 Å². The smallest absolute Gasteiger partial charge is 0.0947 e. The van der Waals surface area contributed by atoms with Crippen molar-refractivity contribution in [3.8, 4) is 0 Å². The number of rotatable bonds is 4. The van der Waals surface area contributed by atoms with Gasteiger partial charge in [-0.15, -0.1) is 0 Å². The van der Waals surface area contributed by atoms with Crippen LogP contribution in [0.25, 0.3) is 0 Å². The fraction of sp³-hybridized carbons (Fsp3) is 0.571. The summed E-state index contributed by atoms with van der Waals surface area (Å²) in [4.78, 5) is 0. The van der Waals surface area contributed by atoms with E-state index in [0.29, 0.717) is 6.04 Å². The molecule has 2 aliphatic rings. The number of hydrogen-bond acceptors (Lipinski definition) is 2. The summed E-state index contributed by atoms with van der Waals surface area (Å²) >= 11 is 0. The van der Waals surface area contributed by atoms with Gasteiger partial charge in [0, 0.05) is 18.2 Å². The molecule has 1 saturated carbocycles. The zero-order valence-electron chi connectivity index (χ0n) is 9.73. The molecule has 0 spiro atoms.